The monoisotopic (exact) mass is 394 g/mol. The summed E-state index contributed by atoms with van der Waals surface area (Å²) >= 11 is 6.25. The van der Waals surface area contributed by atoms with E-state index in [1.807, 2.05) is 0 Å². The van der Waals surface area contributed by atoms with E-state index in [-0.39, 0.29) is 5.41 Å². The van der Waals surface area contributed by atoms with E-state index in [4.69, 9.17) is 18.0 Å². The first kappa shape index (κ1) is 17.9. The number of hydrogen-bond acceptors (Lipinski definition) is 2. The first-order valence-electron chi connectivity index (χ1n) is 11.7. The number of benzene rings is 1. The maximum atomic E-state index is 6.25. The molecule has 6 fully saturated rings. The van der Waals surface area contributed by atoms with Crippen molar-refractivity contribution >= 4 is 17.2 Å². The second-order valence-electron chi connectivity index (χ2n) is 11.0. The lowest BCUT2D eigenvalue weighted by Crippen LogP contribution is -2.47. The highest BCUT2D eigenvalue weighted by molar-refractivity contribution is 7.80. The van der Waals surface area contributed by atoms with E-state index >= 15 is 0 Å². The third-order valence-corrected chi connectivity index (χ3v) is 10.4. The van der Waals surface area contributed by atoms with Crippen molar-refractivity contribution in [2.75, 3.05) is 6.54 Å². The minimum Gasteiger partial charge on any atom is -0.376 e. The summed E-state index contributed by atoms with van der Waals surface area (Å²) in [5.41, 5.74) is 8.84. The van der Waals surface area contributed by atoms with Crippen LogP contribution in [0.5, 0.6) is 0 Å². The van der Waals surface area contributed by atoms with Crippen molar-refractivity contribution in [1.82, 2.24) is 5.32 Å². The van der Waals surface area contributed by atoms with Crippen molar-refractivity contribution in [3.05, 3.63) is 35.9 Å². The first-order chi connectivity index (χ1) is 13.6. The van der Waals surface area contributed by atoms with Crippen LogP contribution in [-0.2, 0) is 5.41 Å². The van der Waals surface area contributed by atoms with Gasteiger partial charge in [-0.25, -0.2) is 0 Å². The highest BCUT2D eigenvalue weighted by atomic mass is 32.1. The zero-order chi connectivity index (χ0) is 19.0. The van der Waals surface area contributed by atoms with E-state index in [1.54, 1.807) is 5.56 Å². The van der Waals surface area contributed by atoms with Gasteiger partial charge in [0.1, 0.15) is 0 Å². The molecule has 0 aliphatic heterocycles. The molecule has 6 aliphatic carbocycles. The van der Waals surface area contributed by atoms with Gasteiger partial charge in [0.15, 0.2) is 0 Å². The summed E-state index contributed by atoms with van der Waals surface area (Å²) in [6.45, 7) is 0.854. The van der Waals surface area contributed by atoms with Crippen LogP contribution in [0.1, 0.15) is 69.8 Å². The van der Waals surface area contributed by atoms with Crippen molar-refractivity contribution in [2.45, 2.75) is 75.7 Å². The molecule has 0 heterocycles. The molecule has 6 saturated carbocycles. The van der Waals surface area contributed by atoms with Crippen LogP contribution in [0, 0.1) is 28.6 Å². The highest BCUT2D eigenvalue weighted by Crippen LogP contribution is 2.83. The molecule has 1 aromatic carbocycles. The lowest BCUT2D eigenvalue weighted by Gasteiger charge is -2.44. The van der Waals surface area contributed by atoms with Crippen molar-refractivity contribution in [2.24, 2.45) is 34.3 Å². The third kappa shape index (κ3) is 2.32. The third-order valence-electron chi connectivity index (χ3n) is 9.85. The molecule has 6 aliphatic rings. The molecule has 2 nitrogen and oxygen atoms in total. The molecule has 1 aromatic rings. The van der Waals surface area contributed by atoms with Crippen LogP contribution >= 0.6 is 12.2 Å². The summed E-state index contributed by atoms with van der Waals surface area (Å²) in [6.07, 6.45) is 13.5. The van der Waals surface area contributed by atoms with Gasteiger partial charge in [-0.05, 0) is 105 Å². The molecule has 4 bridgehead atoms. The second kappa shape index (κ2) is 6.04. The maximum absolute atomic E-state index is 6.25. The van der Waals surface area contributed by atoms with E-state index in [0.29, 0.717) is 16.9 Å². The Kier molecular flexibility index (Phi) is 3.86. The molecule has 0 saturated heterocycles. The van der Waals surface area contributed by atoms with E-state index in [2.05, 4.69) is 35.6 Å². The van der Waals surface area contributed by atoms with Crippen LogP contribution in [0.15, 0.2) is 30.3 Å². The number of nitrogens with one attached hydrogen (secondary N) is 1. The molecular weight excluding hydrogens is 360 g/mol. The molecule has 150 valence electrons. The van der Waals surface area contributed by atoms with E-state index in [9.17, 15) is 0 Å². The molecule has 0 amide bonds. The minimum atomic E-state index is 0.287. The molecule has 4 atom stereocenters. The first-order valence-corrected chi connectivity index (χ1v) is 12.1. The smallest absolute Gasteiger partial charge is 0.0821 e. The Morgan fingerprint density at radius 1 is 1.04 bits per heavy atom. The van der Waals surface area contributed by atoms with Crippen LogP contribution in [-0.4, -0.2) is 17.6 Å². The largest absolute Gasteiger partial charge is 0.376 e. The molecule has 7 rings (SSSR count). The average molecular weight is 395 g/mol. The fraction of sp³-hybridized carbons (Fsp3) is 0.720. The SMILES string of the molecule is NCC1CCC(NC(=S)C23CC4CC(c5ccccc5)(CC2C42CC2)C3)CC1. The van der Waals surface area contributed by atoms with Gasteiger partial charge in [-0.1, -0.05) is 42.5 Å². The van der Waals surface area contributed by atoms with Gasteiger partial charge in [0.05, 0.1) is 4.99 Å². The standard InChI is InChI=1S/C25H34N2S/c26-15-17-6-8-20(9-7-17)27-22(28)25-13-19-12-23(16-25,18-4-2-1-3-5-18)14-21(25)24(19)10-11-24/h1-5,17,19-21H,6-16,26H2,(H,27,28). The lowest BCUT2D eigenvalue weighted by atomic mass is 9.61. The summed E-state index contributed by atoms with van der Waals surface area (Å²) < 4.78 is 0. The van der Waals surface area contributed by atoms with Crippen molar-refractivity contribution in [3.8, 4) is 0 Å². The van der Waals surface area contributed by atoms with Crippen molar-refractivity contribution < 1.29 is 0 Å². The topological polar surface area (TPSA) is 38.0 Å². The van der Waals surface area contributed by atoms with Crippen LogP contribution < -0.4 is 11.1 Å². The van der Waals surface area contributed by atoms with Crippen LogP contribution in [0.2, 0.25) is 0 Å². The Balaban J connectivity index is 1.27. The number of rotatable bonds is 4. The maximum Gasteiger partial charge on any atom is 0.0821 e. The zero-order valence-corrected chi connectivity index (χ0v) is 17.8. The van der Waals surface area contributed by atoms with Gasteiger partial charge in [-0.3, -0.25) is 0 Å². The Hall–Kier alpha value is -0.930. The molecule has 3 heteroatoms. The molecule has 0 radical (unpaired) electrons. The van der Waals surface area contributed by atoms with Gasteiger partial charge in [0.25, 0.3) is 0 Å². The van der Waals surface area contributed by atoms with Gasteiger partial charge >= 0.3 is 0 Å². The molecular formula is C25H34N2S. The molecule has 0 aromatic heterocycles. The Labute approximate surface area is 175 Å². The van der Waals surface area contributed by atoms with E-state index < -0.39 is 0 Å². The number of hydrogen-bond donors (Lipinski definition) is 2. The highest BCUT2D eigenvalue weighted by Gasteiger charge is 2.77. The van der Waals surface area contributed by atoms with E-state index in [0.717, 1.165) is 24.3 Å². The van der Waals surface area contributed by atoms with Crippen LogP contribution in [0.4, 0.5) is 0 Å². The predicted octanol–water partition coefficient (Wildman–Crippen LogP) is 4.96. The van der Waals surface area contributed by atoms with Crippen LogP contribution in [0.3, 0.4) is 0 Å². The molecule has 4 unspecified atom stereocenters. The van der Waals surface area contributed by atoms with Crippen molar-refractivity contribution in [1.29, 1.82) is 0 Å². The van der Waals surface area contributed by atoms with Gasteiger partial charge in [0.2, 0.25) is 0 Å². The second-order valence-corrected chi connectivity index (χ2v) is 11.4. The van der Waals surface area contributed by atoms with Gasteiger partial charge in [0, 0.05) is 11.5 Å². The molecule has 1 spiro atoms. The van der Waals surface area contributed by atoms with Gasteiger partial charge in [-0.2, -0.15) is 0 Å². The fourth-order valence-electron chi connectivity index (χ4n) is 8.42. The average Bonchev–Trinajstić information content (AvgIpc) is 3.46. The van der Waals surface area contributed by atoms with Crippen LogP contribution in [0.25, 0.3) is 0 Å². The van der Waals surface area contributed by atoms with Gasteiger partial charge < -0.3 is 11.1 Å². The lowest BCUT2D eigenvalue weighted by molar-refractivity contribution is 0.146. The Morgan fingerprint density at radius 2 is 1.79 bits per heavy atom. The summed E-state index contributed by atoms with van der Waals surface area (Å²) in [5.74, 6) is 2.48. The number of thiocarbonyl (C=S) groups is 1. The summed E-state index contributed by atoms with van der Waals surface area (Å²) in [5, 5.41) is 3.93. The quantitative estimate of drug-likeness (QED) is 0.709. The molecule has 3 N–H and O–H groups in total. The molecule has 28 heavy (non-hydrogen) atoms. The zero-order valence-electron chi connectivity index (χ0n) is 17.0. The predicted molar refractivity (Wildman–Crippen MR) is 118 cm³/mol. The Morgan fingerprint density at radius 3 is 2.46 bits per heavy atom. The summed E-state index contributed by atoms with van der Waals surface area (Å²) in [4.78, 5) is 1.25. The Bertz CT molecular complexity index is 779. The fourth-order valence-corrected chi connectivity index (χ4v) is 8.88. The van der Waals surface area contributed by atoms with E-state index in [1.165, 1.54) is 69.2 Å². The van der Waals surface area contributed by atoms with Gasteiger partial charge in [-0.15, -0.1) is 0 Å². The minimum absolute atomic E-state index is 0.287. The number of nitrogens with two attached hydrogens (primary N) is 1. The summed E-state index contributed by atoms with van der Waals surface area (Å²) in [6, 6.07) is 12.0. The summed E-state index contributed by atoms with van der Waals surface area (Å²) in [7, 11) is 0. The van der Waals surface area contributed by atoms with Crippen molar-refractivity contribution in [3.63, 3.8) is 0 Å². The normalized spacial score (nSPS) is 44.8.